The third-order valence-electron chi connectivity index (χ3n) is 1.89. The van der Waals surface area contributed by atoms with Crippen LogP contribution < -0.4 is 0 Å². The predicted molar refractivity (Wildman–Crippen MR) is 45.2 cm³/mol. The first kappa shape index (κ1) is 8.93. The molecule has 0 fully saturated rings. The van der Waals surface area contributed by atoms with E-state index >= 15 is 0 Å². The van der Waals surface area contributed by atoms with Gasteiger partial charge in [-0.25, -0.2) is 0 Å². The molecule has 0 saturated carbocycles. The molecule has 0 aliphatic carbocycles. The summed E-state index contributed by atoms with van der Waals surface area (Å²) in [5.41, 5.74) is -0.382. The minimum Gasteiger partial charge on any atom is -0.507 e. The van der Waals surface area contributed by atoms with E-state index in [4.69, 9.17) is 0 Å². The van der Waals surface area contributed by atoms with E-state index < -0.39 is 11.6 Å². The molecule has 0 spiro atoms. The molecular formula is C9H7F2NO2. The Morgan fingerprint density at radius 1 is 1.43 bits per heavy atom. The average Bonchev–Trinajstić information content (AvgIpc) is 2.47. The summed E-state index contributed by atoms with van der Waals surface area (Å²) in [5.74, 6) is -3.37. The zero-order valence-corrected chi connectivity index (χ0v) is 7.29. The molecule has 1 N–H and O–H groups in total. The van der Waals surface area contributed by atoms with Gasteiger partial charge in [0.2, 0.25) is 0 Å². The van der Waals surface area contributed by atoms with E-state index in [2.05, 4.69) is 9.68 Å². The Morgan fingerprint density at radius 3 is 2.79 bits per heavy atom. The van der Waals surface area contributed by atoms with Gasteiger partial charge in [0.15, 0.2) is 11.3 Å². The Hall–Kier alpha value is -1.65. The summed E-state index contributed by atoms with van der Waals surface area (Å²) in [7, 11) is 0. The van der Waals surface area contributed by atoms with Gasteiger partial charge in [-0.15, -0.1) is 0 Å². The smallest absolute Gasteiger partial charge is 0.291 e. The number of rotatable bonds is 1. The number of hydrogen-bond donors (Lipinski definition) is 1. The summed E-state index contributed by atoms with van der Waals surface area (Å²) >= 11 is 0. The fourth-order valence-corrected chi connectivity index (χ4v) is 1.27. The molecule has 0 unspecified atom stereocenters. The SMILES string of the molecule is CC(F)(F)c1noc2cccc(O)c12. The zero-order chi connectivity index (χ0) is 10.3. The van der Waals surface area contributed by atoms with Gasteiger partial charge in [-0.2, -0.15) is 8.78 Å². The van der Waals surface area contributed by atoms with Gasteiger partial charge >= 0.3 is 0 Å². The van der Waals surface area contributed by atoms with E-state index in [0.717, 1.165) is 0 Å². The van der Waals surface area contributed by atoms with Gasteiger partial charge in [0.1, 0.15) is 5.75 Å². The minimum atomic E-state index is -3.12. The molecule has 14 heavy (non-hydrogen) atoms. The van der Waals surface area contributed by atoms with Crippen molar-refractivity contribution >= 4 is 11.0 Å². The summed E-state index contributed by atoms with van der Waals surface area (Å²) in [4.78, 5) is 0. The van der Waals surface area contributed by atoms with Crippen LogP contribution in [0.2, 0.25) is 0 Å². The van der Waals surface area contributed by atoms with Crippen molar-refractivity contribution in [1.82, 2.24) is 5.16 Å². The Labute approximate surface area is 77.9 Å². The van der Waals surface area contributed by atoms with Gasteiger partial charge in [-0.1, -0.05) is 11.2 Å². The van der Waals surface area contributed by atoms with Crippen LogP contribution in [-0.4, -0.2) is 10.3 Å². The Kier molecular flexibility index (Phi) is 1.70. The molecule has 0 amide bonds. The Bertz CT molecular complexity index is 473. The standard InChI is InChI=1S/C9H7F2NO2/c1-9(10,11)8-7-5(13)3-2-4-6(7)14-12-8/h2-4,13H,1H3. The second-order valence-electron chi connectivity index (χ2n) is 3.07. The predicted octanol–water partition coefficient (Wildman–Crippen LogP) is 2.65. The van der Waals surface area contributed by atoms with E-state index in [1.807, 2.05) is 0 Å². The number of aromatic nitrogens is 1. The van der Waals surface area contributed by atoms with Crippen molar-refractivity contribution in [3.05, 3.63) is 23.9 Å². The third-order valence-corrected chi connectivity index (χ3v) is 1.89. The van der Waals surface area contributed by atoms with Crippen LogP contribution in [0, 0.1) is 0 Å². The molecule has 2 aromatic rings. The maximum Gasteiger partial charge on any atom is 0.291 e. The Balaban J connectivity index is 2.80. The van der Waals surface area contributed by atoms with Gasteiger partial charge in [0.25, 0.3) is 5.92 Å². The first-order chi connectivity index (χ1) is 6.50. The van der Waals surface area contributed by atoms with E-state index in [0.29, 0.717) is 6.92 Å². The van der Waals surface area contributed by atoms with E-state index in [-0.39, 0.29) is 16.7 Å². The highest BCUT2D eigenvalue weighted by Gasteiger charge is 2.32. The van der Waals surface area contributed by atoms with Gasteiger partial charge in [0.05, 0.1) is 5.39 Å². The molecule has 0 aliphatic rings. The first-order valence-electron chi connectivity index (χ1n) is 3.96. The molecule has 1 aromatic heterocycles. The number of alkyl halides is 2. The van der Waals surface area contributed by atoms with Crippen LogP contribution in [-0.2, 0) is 5.92 Å². The molecule has 3 nitrogen and oxygen atoms in total. The van der Waals surface area contributed by atoms with E-state index in [1.54, 1.807) is 0 Å². The highest BCUT2D eigenvalue weighted by Crippen LogP contribution is 2.36. The number of phenols is 1. The van der Waals surface area contributed by atoms with Crippen molar-refractivity contribution in [2.75, 3.05) is 0 Å². The lowest BCUT2D eigenvalue weighted by Crippen LogP contribution is -2.07. The lowest BCUT2D eigenvalue weighted by atomic mass is 10.1. The van der Waals surface area contributed by atoms with Crippen LogP contribution >= 0.6 is 0 Å². The van der Waals surface area contributed by atoms with Gasteiger partial charge in [-0.05, 0) is 12.1 Å². The molecule has 0 bridgehead atoms. The number of fused-ring (bicyclic) bond motifs is 1. The van der Waals surface area contributed by atoms with Crippen LogP contribution in [0.25, 0.3) is 11.0 Å². The number of phenolic OH excluding ortho intramolecular Hbond substituents is 1. The summed E-state index contributed by atoms with van der Waals surface area (Å²) < 4.78 is 30.6. The van der Waals surface area contributed by atoms with Gasteiger partial charge in [-0.3, -0.25) is 0 Å². The van der Waals surface area contributed by atoms with Crippen molar-refractivity contribution in [2.45, 2.75) is 12.8 Å². The van der Waals surface area contributed by atoms with Crippen LogP contribution in [0.3, 0.4) is 0 Å². The van der Waals surface area contributed by atoms with Gasteiger partial charge < -0.3 is 9.63 Å². The number of nitrogens with zero attached hydrogens (tertiary/aromatic N) is 1. The van der Waals surface area contributed by atoms with Crippen LogP contribution in [0.4, 0.5) is 8.78 Å². The number of benzene rings is 1. The summed E-state index contributed by atoms with van der Waals surface area (Å²) in [6, 6.07) is 4.28. The highest BCUT2D eigenvalue weighted by molar-refractivity contribution is 5.86. The van der Waals surface area contributed by atoms with Crippen molar-refractivity contribution in [3.63, 3.8) is 0 Å². The van der Waals surface area contributed by atoms with Crippen molar-refractivity contribution in [2.24, 2.45) is 0 Å². The normalized spacial score (nSPS) is 12.2. The minimum absolute atomic E-state index is 0.0278. The van der Waals surface area contributed by atoms with E-state index in [9.17, 15) is 13.9 Å². The second kappa shape index (κ2) is 2.67. The van der Waals surface area contributed by atoms with Crippen LogP contribution in [0.1, 0.15) is 12.6 Å². The average molecular weight is 199 g/mol. The molecule has 0 aliphatic heterocycles. The summed E-state index contributed by atoms with van der Waals surface area (Å²) in [6.45, 7) is 0.705. The van der Waals surface area contributed by atoms with Crippen LogP contribution in [0.5, 0.6) is 5.75 Å². The summed E-state index contributed by atoms with van der Waals surface area (Å²) in [5, 5.41) is 12.6. The molecule has 0 atom stereocenters. The molecule has 0 saturated heterocycles. The lowest BCUT2D eigenvalue weighted by molar-refractivity contribution is 0.0111. The molecule has 1 heterocycles. The van der Waals surface area contributed by atoms with E-state index in [1.165, 1.54) is 18.2 Å². The fourth-order valence-electron chi connectivity index (χ4n) is 1.27. The number of aromatic hydroxyl groups is 1. The second-order valence-corrected chi connectivity index (χ2v) is 3.07. The zero-order valence-electron chi connectivity index (χ0n) is 7.29. The topological polar surface area (TPSA) is 46.3 Å². The van der Waals surface area contributed by atoms with Crippen molar-refractivity contribution in [3.8, 4) is 5.75 Å². The monoisotopic (exact) mass is 199 g/mol. The molecule has 0 radical (unpaired) electrons. The molecular weight excluding hydrogens is 192 g/mol. The maximum atomic E-state index is 13.0. The van der Waals surface area contributed by atoms with Crippen molar-refractivity contribution in [1.29, 1.82) is 0 Å². The summed E-state index contributed by atoms with van der Waals surface area (Å²) in [6.07, 6.45) is 0. The molecule has 2 rings (SSSR count). The quantitative estimate of drug-likeness (QED) is 0.767. The Morgan fingerprint density at radius 2 is 2.14 bits per heavy atom. The molecule has 5 heteroatoms. The largest absolute Gasteiger partial charge is 0.507 e. The van der Waals surface area contributed by atoms with Gasteiger partial charge in [0, 0.05) is 6.92 Å². The maximum absolute atomic E-state index is 13.0. The van der Waals surface area contributed by atoms with Crippen LogP contribution in [0.15, 0.2) is 22.7 Å². The molecule has 74 valence electrons. The highest BCUT2D eigenvalue weighted by atomic mass is 19.3. The lowest BCUT2D eigenvalue weighted by Gasteiger charge is -2.05. The van der Waals surface area contributed by atoms with Crippen molar-refractivity contribution < 1.29 is 18.4 Å². The molecule has 1 aromatic carbocycles. The fraction of sp³-hybridized carbons (Fsp3) is 0.222. The number of hydrogen-bond acceptors (Lipinski definition) is 3. The number of halogens is 2. The first-order valence-corrected chi connectivity index (χ1v) is 3.96. The third kappa shape index (κ3) is 1.21.